The minimum absolute atomic E-state index is 0.0423. The molecule has 1 atom stereocenters. The summed E-state index contributed by atoms with van der Waals surface area (Å²) >= 11 is 0. The second-order valence-corrected chi connectivity index (χ2v) is 5.11. The van der Waals surface area contributed by atoms with Crippen LogP contribution in [0.15, 0.2) is 24.3 Å². The highest BCUT2D eigenvalue weighted by atomic mass is 16.5. The highest BCUT2D eigenvalue weighted by Crippen LogP contribution is 2.11. The molecule has 0 radical (unpaired) electrons. The first-order valence-corrected chi connectivity index (χ1v) is 7.31. The van der Waals surface area contributed by atoms with Crippen molar-refractivity contribution in [3.63, 3.8) is 0 Å². The second-order valence-electron chi connectivity index (χ2n) is 5.11. The Hall–Kier alpha value is -1.55. The Balaban J connectivity index is 2.15. The van der Waals surface area contributed by atoms with Crippen LogP contribution in [0.5, 0.6) is 5.75 Å². The van der Waals surface area contributed by atoms with Crippen LogP contribution >= 0.6 is 0 Å². The molecular weight excluding hydrogens is 252 g/mol. The molecule has 0 aliphatic rings. The Morgan fingerprint density at radius 1 is 1.30 bits per heavy atom. The number of ether oxygens (including phenoxy) is 1. The van der Waals surface area contributed by atoms with Crippen LogP contribution in [0.2, 0.25) is 0 Å². The van der Waals surface area contributed by atoms with Gasteiger partial charge in [0.15, 0.2) is 0 Å². The molecular formula is C16H26N2O2. The molecule has 0 aliphatic carbocycles. The van der Waals surface area contributed by atoms with E-state index in [-0.39, 0.29) is 11.9 Å². The molecule has 4 heteroatoms. The number of nitrogens with one attached hydrogen (secondary N) is 2. The molecule has 20 heavy (non-hydrogen) atoms. The van der Waals surface area contributed by atoms with Crippen LogP contribution in [0.3, 0.4) is 0 Å². The van der Waals surface area contributed by atoms with Crippen LogP contribution in [-0.4, -0.2) is 31.6 Å². The molecule has 0 aliphatic heterocycles. The van der Waals surface area contributed by atoms with E-state index in [9.17, 15) is 4.79 Å². The molecule has 0 spiro atoms. The van der Waals surface area contributed by atoms with Gasteiger partial charge in [-0.3, -0.25) is 4.79 Å². The van der Waals surface area contributed by atoms with E-state index in [4.69, 9.17) is 4.74 Å². The standard InChI is InChI=1S/C16H26N2O2/c1-4-5-10-17-16(19)11-18-14(3)12-20-15-8-6-13(2)7-9-15/h6-9,14,18H,4-5,10-12H2,1-3H3,(H,17,19). The van der Waals surface area contributed by atoms with Gasteiger partial charge in [-0.2, -0.15) is 0 Å². The van der Waals surface area contributed by atoms with Gasteiger partial charge in [-0.15, -0.1) is 0 Å². The maximum atomic E-state index is 11.5. The van der Waals surface area contributed by atoms with Crippen molar-refractivity contribution in [1.82, 2.24) is 10.6 Å². The van der Waals surface area contributed by atoms with E-state index in [1.54, 1.807) is 0 Å². The van der Waals surface area contributed by atoms with Crippen molar-refractivity contribution in [3.8, 4) is 5.75 Å². The van der Waals surface area contributed by atoms with E-state index >= 15 is 0 Å². The van der Waals surface area contributed by atoms with Crippen molar-refractivity contribution in [1.29, 1.82) is 0 Å². The molecule has 1 aromatic carbocycles. The lowest BCUT2D eigenvalue weighted by atomic mass is 10.2. The number of carbonyl (C=O) groups is 1. The summed E-state index contributed by atoms with van der Waals surface area (Å²) < 4.78 is 5.66. The molecule has 1 unspecified atom stereocenters. The van der Waals surface area contributed by atoms with Crippen molar-refractivity contribution in [2.75, 3.05) is 19.7 Å². The summed E-state index contributed by atoms with van der Waals surface area (Å²) in [6.07, 6.45) is 2.12. The molecule has 4 nitrogen and oxygen atoms in total. The second kappa shape index (κ2) is 9.37. The van der Waals surface area contributed by atoms with E-state index < -0.39 is 0 Å². The third-order valence-electron chi connectivity index (χ3n) is 2.98. The van der Waals surface area contributed by atoms with Gasteiger partial charge in [0.1, 0.15) is 12.4 Å². The average molecular weight is 278 g/mol. The largest absolute Gasteiger partial charge is 0.492 e. The van der Waals surface area contributed by atoms with Crippen LogP contribution < -0.4 is 15.4 Å². The maximum absolute atomic E-state index is 11.5. The van der Waals surface area contributed by atoms with Crippen LogP contribution in [0.25, 0.3) is 0 Å². The van der Waals surface area contributed by atoms with Gasteiger partial charge in [-0.1, -0.05) is 31.0 Å². The number of benzene rings is 1. The quantitative estimate of drug-likeness (QED) is 0.681. The molecule has 0 fully saturated rings. The lowest BCUT2D eigenvalue weighted by Crippen LogP contribution is -2.40. The van der Waals surface area contributed by atoms with Crippen molar-refractivity contribution < 1.29 is 9.53 Å². The Kier molecular flexibility index (Phi) is 7.73. The van der Waals surface area contributed by atoms with Crippen molar-refractivity contribution >= 4 is 5.91 Å². The van der Waals surface area contributed by atoms with Gasteiger partial charge in [0, 0.05) is 12.6 Å². The maximum Gasteiger partial charge on any atom is 0.233 e. The molecule has 0 saturated heterocycles. The lowest BCUT2D eigenvalue weighted by molar-refractivity contribution is -0.120. The third kappa shape index (κ3) is 7.14. The fraction of sp³-hybridized carbons (Fsp3) is 0.562. The zero-order valence-corrected chi connectivity index (χ0v) is 12.7. The number of aryl methyl sites for hydroxylation is 1. The zero-order valence-electron chi connectivity index (χ0n) is 12.7. The van der Waals surface area contributed by atoms with Crippen LogP contribution in [0.4, 0.5) is 0 Å². The van der Waals surface area contributed by atoms with Gasteiger partial charge in [0.25, 0.3) is 0 Å². The predicted molar refractivity (Wildman–Crippen MR) is 82.1 cm³/mol. The molecule has 0 saturated carbocycles. The van der Waals surface area contributed by atoms with Gasteiger partial charge in [0.2, 0.25) is 5.91 Å². The minimum Gasteiger partial charge on any atom is -0.492 e. The zero-order chi connectivity index (χ0) is 14.8. The summed E-state index contributed by atoms with van der Waals surface area (Å²) in [5.74, 6) is 0.900. The first-order valence-electron chi connectivity index (χ1n) is 7.31. The Morgan fingerprint density at radius 3 is 2.65 bits per heavy atom. The molecule has 1 aromatic rings. The van der Waals surface area contributed by atoms with E-state index in [0.29, 0.717) is 13.2 Å². The summed E-state index contributed by atoms with van der Waals surface area (Å²) in [5.41, 5.74) is 1.22. The molecule has 112 valence electrons. The third-order valence-corrected chi connectivity index (χ3v) is 2.98. The number of hydrogen-bond acceptors (Lipinski definition) is 3. The normalized spacial score (nSPS) is 11.9. The van der Waals surface area contributed by atoms with E-state index in [2.05, 4.69) is 17.6 Å². The molecule has 1 rings (SSSR count). The molecule has 0 bridgehead atoms. The Labute approximate surface area is 121 Å². The Morgan fingerprint density at radius 2 is 2.00 bits per heavy atom. The lowest BCUT2D eigenvalue weighted by Gasteiger charge is -2.15. The monoisotopic (exact) mass is 278 g/mol. The van der Waals surface area contributed by atoms with Crippen LogP contribution in [0, 0.1) is 6.92 Å². The van der Waals surface area contributed by atoms with Gasteiger partial charge >= 0.3 is 0 Å². The predicted octanol–water partition coefficient (Wildman–Crippen LogP) is 2.27. The summed E-state index contributed by atoms with van der Waals surface area (Å²) in [6, 6.07) is 8.09. The summed E-state index contributed by atoms with van der Waals surface area (Å²) in [5, 5.41) is 6.03. The van der Waals surface area contributed by atoms with Crippen LogP contribution in [0.1, 0.15) is 32.3 Å². The fourth-order valence-electron chi connectivity index (χ4n) is 1.65. The topological polar surface area (TPSA) is 50.4 Å². The number of rotatable bonds is 9. The van der Waals surface area contributed by atoms with E-state index in [0.717, 1.165) is 25.1 Å². The summed E-state index contributed by atoms with van der Waals surface area (Å²) in [4.78, 5) is 11.5. The van der Waals surface area contributed by atoms with E-state index in [1.807, 2.05) is 38.1 Å². The minimum atomic E-state index is 0.0423. The number of unbranched alkanes of at least 4 members (excludes halogenated alkanes) is 1. The Bertz CT molecular complexity index is 390. The smallest absolute Gasteiger partial charge is 0.233 e. The number of amides is 1. The molecule has 0 aromatic heterocycles. The van der Waals surface area contributed by atoms with Gasteiger partial charge in [0.05, 0.1) is 6.54 Å². The van der Waals surface area contributed by atoms with Gasteiger partial charge < -0.3 is 15.4 Å². The first-order chi connectivity index (χ1) is 9.61. The number of carbonyl (C=O) groups excluding carboxylic acids is 1. The highest BCUT2D eigenvalue weighted by Gasteiger charge is 2.06. The molecule has 2 N–H and O–H groups in total. The van der Waals surface area contributed by atoms with Crippen LogP contribution in [-0.2, 0) is 4.79 Å². The van der Waals surface area contributed by atoms with Gasteiger partial charge in [-0.05, 0) is 32.4 Å². The summed E-state index contributed by atoms with van der Waals surface area (Å²) in [7, 11) is 0. The average Bonchev–Trinajstić information content (AvgIpc) is 2.45. The number of hydrogen-bond donors (Lipinski definition) is 2. The van der Waals surface area contributed by atoms with Gasteiger partial charge in [-0.25, -0.2) is 0 Å². The van der Waals surface area contributed by atoms with E-state index in [1.165, 1.54) is 5.56 Å². The van der Waals surface area contributed by atoms with Crippen molar-refractivity contribution in [2.24, 2.45) is 0 Å². The molecule has 0 heterocycles. The van der Waals surface area contributed by atoms with Crippen molar-refractivity contribution in [2.45, 2.75) is 39.7 Å². The fourth-order valence-corrected chi connectivity index (χ4v) is 1.65. The summed E-state index contributed by atoms with van der Waals surface area (Å²) in [6.45, 7) is 7.80. The molecule has 1 amide bonds. The first kappa shape index (κ1) is 16.5. The highest BCUT2D eigenvalue weighted by molar-refractivity contribution is 5.77. The SMILES string of the molecule is CCCCNC(=O)CNC(C)COc1ccc(C)cc1. The van der Waals surface area contributed by atoms with Crippen molar-refractivity contribution in [3.05, 3.63) is 29.8 Å².